The molecule has 9 heteroatoms. The normalized spacial score (nSPS) is 14.0. The van der Waals surface area contributed by atoms with Crippen molar-refractivity contribution in [2.45, 2.75) is 11.8 Å². The van der Waals surface area contributed by atoms with Gasteiger partial charge in [-0.15, -0.1) is 0 Å². The number of nitrogens with two attached hydrogens (primary N) is 1. The molecule has 3 N–H and O–H groups in total. The van der Waals surface area contributed by atoms with Crippen LogP contribution in [0, 0.1) is 6.92 Å². The molecule has 0 radical (unpaired) electrons. The summed E-state index contributed by atoms with van der Waals surface area (Å²) in [5.41, 5.74) is 7.97. The number of hydrogen-bond donors (Lipinski definition) is 2. The molecule has 1 heterocycles. The second-order valence-corrected chi connectivity index (χ2v) is 7.39. The van der Waals surface area contributed by atoms with Gasteiger partial charge in [-0.25, -0.2) is 8.42 Å². The highest BCUT2D eigenvalue weighted by Crippen LogP contribution is 2.28. The van der Waals surface area contributed by atoms with Crippen LogP contribution in [-0.4, -0.2) is 31.0 Å². The minimum atomic E-state index is -4.12. The molecule has 0 aliphatic carbocycles. The summed E-state index contributed by atoms with van der Waals surface area (Å²) in [6, 6.07) is 9.42. The Morgan fingerprint density at radius 2 is 2.00 bits per heavy atom. The molecule has 0 unspecified atom stereocenters. The first-order valence-corrected chi connectivity index (χ1v) is 8.54. The summed E-state index contributed by atoms with van der Waals surface area (Å²) in [6.07, 6.45) is 1.39. The van der Waals surface area contributed by atoms with Crippen LogP contribution in [0.3, 0.4) is 0 Å². The van der Waals surface area contributed by atoms with Gasteiger partial charge in [0.2, 0.25) is 0 Å². The van der Waals surface area contributed by atoms with E-state index in [-0.39, 0.29) is 9.92 Å². The average molecular weight is 350 g/mol. The SMILES string of the molecule is Cc1ccc2c(c1)B(O)N(S(=O)(=O)c1ccc(N)cc1Cl)N=C2. The molecule has 1 aliphatic heterocycles. The minimum absolute atomic E-state index is 0.0255. The predicted octanol–water partition coefficient (Wildman–Crippen LogP) is 0.957. The van der Waals surface area contributed by atoms with E-state index in [2.05, 4.69) is 5.10 Å². The lowest BCUT2D eigenvalue weighted by Crippen LogP contribution is -2.52. The van der Waals surface area contributed by atoms with E-state index >= 15 is 0 Å². The monoisotopic (exact) mass is 349 g/mol. The highest BCUT2D eigenvalue weighted by Gasteiger charge is 2.39. The number of aryl methyl sites for hydroxylation is 1. The van der Waals surface area contributed by atoms with Gasteiger partial charge in [0.25, 0.3) is 10.0 Å². The van der Waals surface area contributed by atoms with Gasteiger partial charge in [-0.3, -0.25) is 0 Å². The predicted molar refractivity (Wildman–Crippen MR) is 91.3 cm³/mol. The van der Waals surface area contributed by atoms with E-state index in [1.54, 1.807) is 12.1 Å². The van der Waals surface area contributed by atoms with Crippen LogP contribution >= 0.6 is 11.6 Å². The van der Waals surface area contributed by atoms with Crippen LogP contribution in [0.4, 0.5) is 5.69 Å². The zero-order valence-electron chi connectivity index (χ0n) is 12.1. The number of halogens is 1. The number of hydrazone groups is 1. The zero-order chi connectivity index (χ0) is 16.8. The molecule has 118 valence electrons. The maximum absolute atomic E-state index is 12.8. The van der Waals surface area contributed by atoms with Crippen LogP contribution in [0.2, 0.25) is 5.02 Å². The summed E-state index contributed by atoms with van der Waals surface area (Å²) in [7, 11) is -5.54. The molecule has 1 aliphatic rings. The van der Waals surface area contributed by atoms with Gasteiger partial charge < -0.3 is 10.8 Å². The molecule has 0 atom stereocenters. The van der Waals surface area contributed by atoms with Gasteiger partial charge >= 0.3 is 7.05 Å². The molecule has 0 spiro atoms. The van der Waals surface area contributed by atoms with E-state index in [0.29, 0.717) is 21.0 Å². The molecule has 23 heavy (non-hydrogen) atoms. The average Bonchev–Trinajstić information content (AvgIpc) is 2.47. The minimum Gasteiger partial charge on any atom is -0.427 e. The van der Waals surface area contributed by atoms with E-state index in [4.69, 9.17) is 17.3 Å². The van der Waals surface area contributed by atoms with Gasteiger partial charge in [0.15, 0.2) is 0 Å². The van der Waals surface area contributed by atoms with Crippen molar-refractivity contribution in [2.24, 2.45) is 5.10 Å². The van der Waals surface area contributed by atoms with Crippen molar-refractivity contribution in [3.8, 4) is 0 Å². The lowest BCUT2D eigenvalue weighted by molar-refractivity contribution is 0.476. The second-order valence-electron chi connectivity index (χ2n) is 5.22. The highest BCUT2D eigenvalue weighted by molar-refractivity contribution is 7.90. The smallest absolute Gasteiger partial charge is 0.427 e. The molecule has 0 saturated heterocycles. The fourth-order valence-corrected chi connectivity index (χ4v) is 4.13. The Morgan fingerprint density at radius 1 is 1.26 bits per heavy atom. The van der Waals surface area contributed by atoms with E-state index in [1.165, 1.54) is 24.4 Å². The Balaban J connectivity index is 2.08. The topological polar surface area (TPSA) is 96.0 Å². The van der Waals surface area contributed by atoms with Crippen molar-refractivity contribution in [2.75, 3.05) is 5.73 Å². The van der Waals surface area contributed by atoms with Gasteiger partial charge in [-0.05, 0) is 36.1 Å². The van der Waals surface area contributed by atoms with E-state index in [0.717, 1.165) is 5.56 Å². The Labute approximate surface area is 139 Å². The van der Waals surface area contributed by atoms with Crippen molar-refractivity contribution >= 4 is 46.0 Å². The summed E-state index contributed by atoms with van der Waals surface area (Å²) >= 11 is 5.99. The molecule has 0 fully saturated rings. The largest absolute Gasteiger partial charge is 0.484 e. The Morgan fingerprint density at radius 3 is 2.70 bits per heavy atom. The van der Waals surface area contributed by atoms with Crippen molar-refractivity contribution in [3.63, 3.8) is 0 Å². The molecular weight excluding hydrogens is 337 g/mol. The molecule has 3 rings (SSSR count). The number of sulfonamides is 1. The summed E-state index contributed by atoms with van der Waals surface area (Å²) in [6.45, 7) is 1.86. The Bertz CT molecular complexity index is 917. The molecule has 0 aromatic heterocycles. The first kappa shape index (κ1) is 15.9. The van der Waals surface area contributed by atoms with E-state index < -0.39 is 17.1 Å². The van der Waals surface area contributed by atoms with E-state index in [1.807, 2.05) is 13.0 Å². The molecular formula is C14H13BClN3O3S. The van der Waals surface area contributed by atoms with Crippen LogP contribution in [0.15, 0.2) is 46.4 Å². The van der Waals surface area contributed by atoms with Crippen LogP contribution in [-0.2, 0) is 10.0 Å². The fourth-order valence-electron chi connectivity index (χ4n) is 2.36. The van der Waals surface area contributed by atoms with Gasteiger partial charge in [-0.2, -0.15) is 9.43 Å². The molecule has 0 amide bonds. The van der Waals surface area contributed by atoms with Crippen molar-refractivity contribution in [1.29, 1.82) is 0 Å². The Hall–Kier alpha value is -2.03. The third-order valence-corrected chi connectivity index (χ3v) is 5.64. The van der Waals surface area contributed by atoms with Crippen molar-refractivity contribution in [3.05, 3.63) is 52.5 Å². The third kappa shape index (κ3) is 2.69. The van der Waals surface area contributed by atoms with Gasteiger partial charge in [0.05, 0.1) is 11.2 Å². The molecule has 2 aromatic rings. The lowest BCUT2D eigenvalue weighted by Gasteiger charge is -2.26. The van der Waals surface area contributed by atoms with Crippen LogP contribution in [0.5, 0.6) is 0 Å². The maximum Gasteiger partial charge on any atom is 0.484 e. The highest BCUT2D eigenvalue weighted by atomic mass is 35.5. The molecule has 0 bridgehead atoms. The Kier molecular flexibility index (Phi) is 3.83. The molecule has 2 aromatic carbocycles. The fraction of sp³-hybridized carbons (Fsp3) is 0.0714. The van der Waals surface area contributed by atoms with E-state index in [9.17, 15) is 13.4 Å². The number of benzene rings is 2. The number of rotatable bonds is 2. The van der Waals surface area contributed by atoms with Gasteiger partial charge in [0.1, 0.15) is 4.90 Å². The van der Waals surface area contributed by atoms with Gasteiger partial charge in [0, 0.05) is 5.69 Å². The quantitative estimate of drug-likeness (QED) is 0.623. The lowest BCUT2D eigenvalue weighted by atomic mass is 9.71. The number of nitrogen functional groups attached to an aromatic ring is 1. The van der Waals surface area contributed by atoms with Crippen LogP contribution < -0.4 is 11.2 Å². The second kappa shape index (κ2) is 5.56. The summed E-state index contributed by atoms with van der Waals surface area (Å²) in [4.78, 5) is -0.166. The van der Waals surface area contributed by atoms with Crippen molar-refractivity contribution in [1.82, 2.24) is 4.33 Å². The summed E-state index contributed by atoms with van der Waals surface area (Å²) in [5.74, 6) is 0. The van der Waals surface area contributed by atoms with Crippen molar-refractivity contribution < 1.29 is 13.4 Å². The first-order valence-electron chi connectivity index (χ1n) is 6.73. The number of anilines is 1. The van der Waals surface area contributed by atoms with Crippen LogP contribution in [0.1, 0.15) is 11.1 Å². The molecule has 0 saturated carbocycles. The number of nitrogens with zero attached hydrogens (tertiary/aromatic N) is 2. The standard InChI is InChI=1S/C14H13BClN3O3S/c1-9-2-3-10-8-18-19(15(20)12(10)6-9)23(21,22)14-5-4-11(17)7-13(14)16/h2-8,20H,17H2,1H3. The summed E-state index contributed by atoms with van der Waals surface area (Å²) < 4.78 is 26.1. The zero-order valence-corrected chi connectivity index (χ0v) is 13.7. The number of hydrogen-bond acceptors (Lipinski definition) is 5. The summed E-state index contributed by atoms with van der Waals surface area (Å²) in [5, 5.41) is 14.3. The van der Waals surface area contributed by atoms with Gasteiger partial charge in [-0.1, -0.05) is 35.4 Å². The third-order valence-electron chi connectivity index (χ3n) is 3.52. The number of fused-ring (bicyclic) bond motifs is 1. The first-order chi connectivity index (χ1) is 10.8. The van der Waals surface area contributed by atoms with Crippen LogP contribution in [0.25, 0.3) is 0 Å². The maximum atomic E-state index is 12.8. The molecule has 6 nitrogen and oxygen atoms in total.